The van der Waals surface area contributed by atoms with Crippen LogP contribution >= 0.6 is 24.8 Å². The van der Waals surface area contributed by atoms with Crippen molar-refractivity contribution < 1.29 is 9.59 Å². The van der Waals surface area contributed by atoms with E-state index in [0.29, 0.717) is 28.9 Å². The third kappa shape index (κ3) is 5.01. The van der Waals surface area contributed by atoms with Crippen LogP contribution in [-0.4, -0.2) is 46.9 Å². The Labute approximate surface area is 176 Å². The molecule has 2 N–H and O–H groups in total. The van der Waals surface area contributed by atoms with Gasteiger partial charge in [0.15, 0.2) is 0 Å². The number of nitrogens with one attached hydrogen (secondary N) is 2. The number of fused-ring (bicyclic) bond motifs is 2. The number of aromatic nitrogens is 1. The second-order valence-corrected chi connectivity index (χ2v) is 6.95. The maximum Gasteiger partial charge on any atom is 0.257 e. The zero-order valence-electron chi connectivity index (χ0n) is 15.3. The molecular weight excluding hydrogens is 399 g/mol. The molecule has 2 fully saturated rings. The fourth-order valence-electron chi connectivity index (χ4n) is 3.74. The molecule has 1 aromatic carbocycles. The first-order valence-corrected chi connectivity index (χ1v) is 9.06. The van der Waals surface area contributed by atoms with Crippen LogP contribution in [0, 0.1) is 0 Å². The predicted molar refractivity (Wildman–Crippen MR) is 114 cm³/mol. The highest BCUT2D eigenvalue weighted by atomic mass is 35.5. The number of pyridine rings is 1. The van der Waals surface area contributed by atoms with E-state index in [1.165, 1.54) is 12.6 Å². The summed E-state index contributed by atoms with van der Waals surface area (Å²) in [5, 5.41) is 6.42. The van der Waals surface area contributed by atoms with Gasteiger partial charge in [-0.2, -0.15) is 0 Å². The van der Waals surface area contributed by atoms with Crippen LogP contribution in [0.4, 0.5) is 5.69 Å². The third-order valence-corrected chi connectivity index (χ3v) is 5.10. The molecule has 28 heavy (non-hydrogen) atoms. The van der Waals surface area contributed by atoms with E-state index in [0.717, 1.165) is 25.9 Å². The normalized spacial score (nSPS) is 20.4. The van der Waals surface area contributed by atoms with Gasteiger partial charge in [0.25, 0.3) is 11.8 Å². The number of amides is 2. The van der Waals surface area contributed by atoms with Gasteiger partial charge >= 0.3 is 0 Å². The van der Waals surface area contributed by atoms with E-state index in [2.05, 4.69) is 15.6 Å². The van der Waals surface area contributed by atoms with Crippen LogP contribution in [0.5, 0.6) is 0 Å². The standard InChI is InChI=1S/C20H22N4O2.2ClH/c25-19(15-4-2-9-21-12-15)23-17-5-1-3-14(11-17)20(26)24-10-8-16-6-7-18(13-24)22-16;;/h1-5,9,11-12,16,18,22H,6-8,10,13H2,(H,23,25);2*1H. The van der Waals surface area contributed by atoms with Gasteiger partial charge in [-0.1, -0.05) is 6.07 Å². The van der Waals surface area contributed by atoms with Crippen molar-refractivity contribution in [3.63, 3.8) is 0 Å². The molecule has 6 nitrogen and oxygen atoms in total. The molecule has 2 amide bonds. The Kier molecular flexibility index (Phi) is 7.80. The van der Waals surface area contributed by atoms with Gasteiger partial charge in [-0.05, 0) is 49.6 Å². The van der Waals surface area contributed by atoms with Gasteiger partial charge in [0, 0.05) is 48.8 Å². The van der Waals surface area contributed by atoms with Gasteiger partial charge in [-0.3, -0.25) is 14.6 Å². The molecule has 2 bridgehead atoms. The van der Waals surface area contributed by atoms with E-state index in [4.69, 9.17) is 0 Å². The Hall–Kier alpha value is -2.15. The number of rotatable bonds is 3. The molecule has 0 radical (unpaired) electrons. The van der Waals surface area contributed by atoms with Crippen LogP contribution in [0.1, 0.15) is 40.0 Å². The Morgan fingerprint density at radius 3 is 2.61 bits per heavy atom. The van der Waals surface area contributed by atoms with Crippen LogP contribution in [0.2, 0.25) is 0 Å². The molecule has 2 unspecified atom stereocenters. The smallest absolute Gasteiger partial charge is 0.257 e. The number of nitrogens with zero attached hydrogens (tertiary/aromatic N) is 2. The van der Waals surface area contributed by atoms with Crippen molar-refractivity contribution in [3.05, 3.63) is 59.9 Å². The summed E-state index contributed by atoms with van der Waals surface area (Å²) in [4.78, 5) is 31.1. The van der Waals surface area contributed by atoms with E-state index < -0.39 is 0 Å². The number of likely N-dealkylation sites (tertiary alicyclic amines) is 1. The lowest BCUT2D eigenvalue weighted by molar-refractivity contribution is 0.0748. The van der Waals surface area contributed by atoms with E-state index in [1.807, 2.05) is 4.90 Å². The summed E-state index contributed by atoms with van der Waals surface area (Å²) in [5.74, 6) is -0.212. The van der Waals surface area contributed by atoms with Crippen molar-refractivity contribution in [1.82, 2.24) is 15.2 Å². The average molecular weight is 423 g/mol. The van der Waals surface area contributed by atoms with Gasteiger partial charge in [-0.25, -0.2) is 0 Å². The summed E-state index contributed by atoms with van der Waals surface area (Å²) < 4.78 is 0. The fraction of sp³-hybridized carbons (Fsp3) is 0.350. The summed E-state index contributed by atoms with van der Waals surface area (Å²) >= 11 is 0. The number of halogens is 2. The molecule has 150 valence electrons. The largest absolute Gasteiger partial charge is 0.337 e. The van der Waals surface area contributed by atoms with Crippen LogP contribution in [-0.2, 0) is 0 Å². The lowest BCUT2D eigenvalue weighted by atomic mass is 10.1. The zero-order chi connectivity index (χ0) is 17.9. The van der Waals surface area contributed by atoms with Gasteiger partial charge in [0.1, 0.15) is 0 Å². The topological polar surface area (TPSA) is 74.3 Å². The number of anilines is 1. The van der Waals surface area contributed by atoms with Crippen molar-refractivity contribution in [2.45, 2.75) is 31.3 Å². The Balaban J connectivity index is 0.00000140. The van der Waals surface area contributed by atoms with E-state index >= 15 is 0 Å². The Bertz CT molecular complexity index is 819. The van der Waals surface area contributed by atoms with E-state index in [9.17, 15) is 9.59 Å². The molecule has 8 heteroatoms. The maximum absolute atomic E-state index is 12.9. The summed E-state index contributed by atoms with van der Waals surface area (Å²) in [7, 11) is 0. The molecule has 3 heterocycles. The molecule has 4 rings (SSSR count). The summed E-state index contributed by atoms with van der Waals surface area (Å²) in [5.41, 5.74) is 1.70. The number of benzene rings is 1. The van der Waals surface area contributed by atoms with Gasteiger partial charge in [0.2, 0.25) is 0 Å². The zero-order valence-corrected chi connectivity index (χ0v) is 17.0. The monoisotopic (exact) mass is 422 g/mol. The Morgan fingerprint density at radius 2 is 1.82 bits per heavy atom. The molecular formula is C20H24Cl2N4O2. The molecule has 2 aliphatic rings. The first-order chi connectivity index (χ1) is 12.7. The van der Waals surface area contributed by atoms with Crippen LogP contribution in [0.3, 0.4) is 0 Å². The number of carbonyl (C=O) groups excluding carboxylic acids is 2. The van der Waals surface area contributed by atoms with Gasteiger partial charge in [0.05, 0.1) is 5.56 Å². The first kappa shape index (κ1) is 22.1. The predicted octanol–water partition coefficient (Wildman–Crippen LogP) is 3.14. The van der Waals surface area contributed by atoms with Gasteiger partial charge in [-0.15, -0.1) is 24.8 Å². The average Bonchev–Trinajstić information content (AvgIpc) is 3.01. The second kappa shape index (κ2) is 9.87. The highest BCUT2D eigenvalue weighted by Gasteiger charge is 2.31. The highest BCUT2D eigenvalue weighted by molar-refractivity contribution is 6.04. The summed E-state index contributed by atoms with van der Waals surface area (Å²) in [6.07, 6.45) is 6.49. The minimum Gasteiger partial charge on any atom is -0.337 e. The molecule has 2 aromatic rings. The van der Waals surface area contributed by atoms with Crippen LogP contribution in [0.25, 0.3) is 0 Å². The van der Waals surface area contributed by atoms with Gasteiger partial charge < -0.3 is 15.5 Å². The minimum absolute atomic E-state index is 0. The van der Waals surface area contributed by atoms with Crippen molar-refractivity contribution in [1.29, 1.82) is 0 Å². The number of hydrogen-bond donors (Lipinski definition) is 2. The number of carbonyl (C=O) groups is 2. The Morgan fingerprint density at radius 1 is 1.04 bits per heavy atom. The molecule has 0 spiro atoms. The molecule has 0 saturated carbocycles. The first-order valence-electron chi connectivity index (χ1n) is 9.06. The summed E-state index contributed by atoms with van der Waals surface area (Å²) in [6, 6.07) is 11.5. The van der Waals surface area contributed by atoms with Crippen molar-refractivity contribution in [3.8, 4) is 0 Å². The minimum atomic E-state index is -0.237. The molecule has 1 aromatic heterocycles. The third-order valence-electron chi connectivity index (χ3n) is 5.10. The van der Waals surface area contributed by atoms with Crippen molar-refractivity contribution >= 4 is 42.3 Å². The lowest BCUT2D eigenvalue weighted by Gasteiger charge is -2.24. The van der Waals surface area contributed by atoms with Crippen LogP contribution < -0.4 is 10.6 Å². The SMILES string of the molecule is Cl.Cl.O=C(Nc1cccc(C(=O)N2CCC3CCC(C2)N3)c1)c1cccnc1. The molecule has 0 aliphatic carbocycles. The molecule has 2 saturated heterocycles. The number of hydrogen-bond acceptors (Lipinski definition) is 4. The van der Waals surface area contributed by atoms with E-state index in [1.54, 1.807) is 42.6 Å². The van der Waals surface area contributed by atoms with E-state index in [-0.39, 0.29) is 36.6 Å². The quantitative estimate of drug-likeness (QED) is 0.796. The highest BCUT2D eigenvalue weighted by Crippen LogP contribution is 2.22. The fourth-order valence-corrected chi connectivity index (χ4v) is 3.74. The second-order valence-electron chi connectivity index (χ2n) is 6.95. The lowest BCUT2D eigenvalue weighted by Crippen LogP contribution is -2.39. The molecule has 2 aliphatic heterocycles. The van der Waals surface area contributed by atoms with Crippen molar-refractivity contribution in [2.75, 3.05) is 18.4 Å². The van der Waals surface area contributed by atoms with Crippen molar-refractivity contribution in [2.24, 2.45) is 0 Å². The summed E-state index contributed by atoms with van der Waals surface area (Å²) in [6.45, 7) is 1.53. The molecule has 2 atom stereocenters. The van der Waals surface area contributed by atoms with Crippen LogP contribution in [0.15, 0.2) is 48.8 Å². The maximum atomic E-state index is 12.9.